The summed E-state index contributed by atoms with van der Waals surface area (Å²) in [7, 11) is 0. The highest BCUT2D eigenvalue weighted by atomic mass is 35.5. The van der Waals surface area contributed by atoms with Crippen molar-refractivity contribution in [1.82, 2.24) is 4.90 Å². The van der Waals surface area contributed by atoms with Crippen molar-refractivity contribution in [3.8, 4) is 5.75 Å². The third kappa shape index (κ3) is 3.43. The van der Waals surface area contributed by atoms with Gasteiger partial charge in [-0.25, -0.2) is 0 Å². The van der Waals surface area contributed by atoms with Crippen molar-refractivity contribution < 1.29 is 20.1 Å². The van der Waals surface area contributed by atoms with Gasteiger partial charge in [-0.2, -0.15) is 0 Å². The van der Waals surface area contributed by atoms with Gasteiger partial charge in [-0.3, -0.25) is 4.79 Å². The average molecular weight is 334 g/mol. The minimum Gasteiger partial charge on any atom is -0.508 e. The summed E-state index contributed by atoms with van der Waals surface area (Å²) in [6.45, 7) is 0.283. The third-order valence-corrected chi connectivity index (χ3v) is 4.60. The van der Waals surface area contributed by atoms with E-state index < -0.39 is 18.6 Å². The lowest BCUT2D eigenvalue weighted by Crippen LogP contribution is -2.44. The van der Waals surface area contributed by atoms with Crippen molar-refractivity contribution in [2.75, 3.05) is 19.7 Å². The van der Waals surface area contributed by atoms with Crippen molar-refractivity contribution in [1.29, 1.82) is 0 Å². The van der Waals surface area contributed by atoms with E-state index in [1.54, 1.807) is 6.07 Å². The molecule has 0 saturated carbocycles. The molecule has 1 aromatic carbocycles. The van der Waals surface area contributed by atoms with Crippen molar-refractivity contribution in [3.63, 3.8) is 0 Å². The molecule has 3 N–H and O–H groups in total. The fraction of sp³-hybridized carbons (Fsp3) is 0.500. The van der Waals surface area contributed by atoms with Crippen LogP contribution in [0.3, 0.4) is 0 Å². The van der Waals surface area contributed by atoms with Gasteiger partial charge in [0.1, 0.15) is 5.75 Å². The number of benzene rings is 1. The van der Waals surface area contributed by atoms with Gasteiger partial charge in [0.05, 0.1) is 16.7 Å². The minimum atomic E-state index is -1.37. The number of hydrogen-bond acceptors (Lipinski definition) is 4. The van der Waals surface area contributed by atoms with E-state index in [0.29, 0.717) is 41.5 Å². The molecule has 2 rings (SSSR count). The maximum atomic E-state index is 11.8. The third-order valence-electron chi connectivity index (χ3n) is 3.78. The number of likely N-dealkylation sites (tertiary alicyclic amines) is 1. The molecule has 0 spiro atoms. The molecule has 1 aliphatic heterocycles. The summed E-state index contributed by atoms with van der Waals surface area (Å²) in [5.41, 5.74) is 0.610. The average Bonchev–Trinajstić information content (AvgIpc) is 2.50. The Morgan fingerprint density at radius 2 is 1.95 bits per heavy atom. The molecule has 0 aliphatic carbocycles. The Hall–Kier alpha value is -1.01. The molecule has 0 bridgehead atoms. The first kappa shape index (κ1) is 16.4. The number of carbonyl (C=O) groups is 1. The molecule has 7 heteroatoms. The second-order valence-electron chi connectivity index (χ2n) is 5.09. The summed E-state index contributed by atoms with van der Waals surface area (Å²) in [5, 5.41) is 28.9. The number of nitrogens with zero attached hydrogens (tertiary/aromatic N) is 1. The standard InChI is InChI=1S/C14H17Cl2NO4/c15-9-1-2-10(19)12(13(9)16)8-3-5-17(6-4-8)14(21)11(20)7-18/h1-2,8,11,18-20H,3-7H2. The van der Waals surface area contributed by atoms with Crippen LogP contribution >= 0.6 is 23.2 Å². The van der Waals surface area contributed by atoms with Crippen LogP contribution in [0.2, 0.25) is 10.0 Å². The summed E-state index contributed by atoms with van der Waals surface area (Å²) in [4.78, 5) is 13.3. The number of phenolic OH excluding ortho intramolecular Hbond substituents is 1. The number of amides is 1. The van der Waals surface area contributed by atoms with Gasteiger partial charge in [-0.05, 0) is 30.9 Å². The van der Waals surface area contributed by atoms with Gasteiger partial charge in [0, 0.05) is 18.7 Å². The maximum absolute atomic E-state index is 11.8. The second-order valence-corrected chi connectivity index (χ2v) is 5.88. The molecule has 1 heterocycles. The topological polar surface area (TPSA) is 81.0 Å². The van der Waals surface area contributed by atoms with Crippen LogP contribution in [0.25, 0.3) is 0 Å². The van der Waals surface area contributed by atoms with Crippen LogP contribution in [-0.2, 0) is 4.79 Å². The van der Waals surface area contributed by atoms with Gasteiger partial charge < -0.3 is 20.2 Å². The molecule has 0 radical (unpaired) electrons. The number of piperidine rings is 1. The number of aromatic hydroxyl groups is 1. The predicted molar refractivity (Wildman–Crippen MR) is 79.8 cm³/mol. The number of hydrogen-bond donors (Lipinski definition) is 3. The van der Waals surface area contributed by atoms with Crippen molar-refractivity contribution >= 4 is 29.1 Å². The van der Waals surface area contributed by atoms with E-state index in [1.165, 1.54) is 11.0 Å². The van der Waals surface area contributed by atoms with Gasteiger partial charge in [0.2, 0.25) is 0 Å². The number of carbonyl (C=O) groups excluding carboxylic acids is 1. The molecule has 1 atom stereocenters. The summed E-state index contributed by atoms with van der Waals surface area (Å²) in [6, 6.07) is 3.05. The second kappa shape index (κ2) is 6.83. The van der Waals surface area contributed by atoms with Crippen LogP contribution in [0, 0.1) is 0 Å². The van der Waals surface area contributed by atoms with Crippen molar-refractivity contribution in [3.05, 3.63) is 27.7 Å². The smallest absolute Gasteiger partial charge is 0.253 e. The molecule has 116 valence electrons. The maximum Gasteiger partial charge on any atom is 0.253 e. The zero-order valence-corrected chi connectivity index (χ0v) is 12.8. The van der Waals surface area contributed by atoms with E-state index in [0.717, 1.165) is 0 Å². The lowest BCUT2D eigenvalue weighted by Gasteiger charge is -2.33. The number of rotatable bonds is 3. The highest BCUT2D eigenvalue weighted by molar-refractivity contribution is 6.42. The molecule has 1 amide bonds. The van der Waals surface area contributed by atoms with Gasteiger partial charge in [0.25, 0.3) is 5.91 Å². The highest BCUT2D eigenvalue weighted by Crippen LogP contribution is 2.41. The molecule has 1 fully saturated rings. The largest absolute Gasteiger partial charge is 0.508 e. The number of phenols is 1. The summed E-state index contributed by atoms with van der Waals surface area (Å²) in [6.07, 6.45) is -0.153. The van der Waals surface area contributed by atoms with Gasteiger partial charge >= 0.3 is 0 Å². The summed E-state index contributed by atoms with van der Waals surface area (Å²) >= 11 is 12.1. The van der Waals surface area contributed by atoms with E-state index in [4.69, 9.17) is 28.3 Å². The van der Waals surface area contributed by atoms with Crippen LogP contribution < -0.4 is 0 Å². The lowest BCUT2D eigenvalue weighted by atomic mass is 9.88. The normalized spacial score (nSPS) is 17.8. The van der Waals surface area contributed by atoms with Crippen molar-refractivity contribution in [2.24, 2.45) is 0 Å². The highest BCUT2D eigenvalue weighted by Gasteiger charge is 2.29. The molecule has 0 aromatic heterocycles. The molecule has 1 aliphatic rings. The van der Waals surface area contributed by atoms with E-state index in [1.807, 2.05) is 0 Å². The predicted octanol–water partition coefficient (Wildman–Crippen LogP) is 1.76. The van der Waals surface area contributed by atoms with Gasteiger partial charge in [-0.1, -0.05) is 23.2 Å². The van der Waals surface area contributed by atoms with E-state index in [9.17, 15) is 15.0 Å². The molecule has 1 unspecified atom stereocenters. The van der Waals surface area contributed by atoms with Crippen LogP contribution in [0.15, 0.2) is 12.1 Å². The van der Waals surface area contributed by atoms with E-state index in [-0.39, 0.29) is 11.7 Å². The molecular weight excluding hydrogens is 317 g/mol. The monoisotopic (exact) mass is 333 g/mol. The fourth-order valence-corrected chi connectivity index (χ4v) is 3.10. The van der Waals surface area contributed by atoms with Gasteiger partial charge in [0.15, 0.2) is 6.10 Å². The first-order valence-electron chi connectivity index (χ1n) is 6.70. The van der Waals surface area contributed by atoms with Gasteiger partial charge in [-0.15, -0.1) is 0 Å². The Labute approximate surface area is 132 Å². The first-order chi connectivity index (χ1) is 9.95. The Kier molecular flexibility index (Phi) is 5.32. The quantitative estimate of drug-likeness (QED) is 0.787. The number of aliphatic hydroxyl groups is 2. The Morgan fingerprint density at radius 3 is 2.52 bits per heavy atom. The zero-order valence-electron chi connectivity index (χ0n) is 11.3. The van der Waals surface area contributed by atoms with E-state index >= 15 is 0 Å². The first-order valence-corrected chi connectivity index (χ1v) is 7.45. The van der Waals surface area contributed by atoms with Crippen molar-refractivity contribution in [2.45, 2.75) is 24.9 Å². The molecule has 1 saturated heterocycles. The summed E-state index contributed by atoms with van der Waals surface area (Å²) < 4.78 is 0. The molecule has 21 heavy (non-hydrogen) atoms. The zero-order chi connectivity index (χ0) is 15.6. The molecule has 1 aromatic rings. The minimum absolute atomic E-state index is 0.00604. The SMILES string of the molecule is O=C(C(O)CO)N1CCC(c2c(O)ccc(Cl)c2Cl)CC1. The van der Waals surface area contributed by atoms with Crippen LogP contribution in [0.1, 0.15) is 24.3 Å². The van der Waals surface area contributed by atoms with Crippen LogP contribution in [0.5, 0.6) is 5.75 Å². The summed E-state index contributed by atoms with van der Waals surface area (Å²) in [5.74, 6) is -0.367. The molecule has 5 nitrogen and oxygen atoms in total. The Morgan fingerprint density at radius 1 is 1.33 bits per heavy atom. The lowest BCUT2D eigenvalue weighted by molar-refractivity contribution is -0.143. The Bertz CT molecular complexity index is 530. The number of aliphatic hydroxyl groups excluding tert-OH is 2. The van der Waals surface area contributed by atoms with Crippen LogP contribution in [-0.4, -0.2) is 51.9 Å². The molecular formula is C14H17Cl2NO4. The van der Waals surface area contributed by atoms with E-state index in [2.05, 4.69) is 0 Å². The Balaban J connectivity index is 2.08. The van der Waals surface area contributed by atoms with Crippen LogP contribution in [0.4, 0.5) is 0 Å². The fourth-order valence-electron chi connectivity index (χ4n) is 2.62. The number of halogens is 2.